The van der Waals surface area contributed by atoms with E-state index in [1.807, 2.05) is 13.8 Å². The molecule has 6 heteroatoms. The van der Waals surface area contributed by atoms with E-state index < -0.39 is 0 Å². The first-order valence-electron chi connectivity index (χ1n) is 6.43. The fraction of sp³-hybridized carbons (Fsp3) is 0.429. The first kappa shape index (κ1) is 15.8. The van der Waals surface area contributed by atoms with Crippen LogP contribution in [0.5, 0.6) is 11.5 Å². The van der Waals surface area contributed by atoms with Crippen molar-refractivity contribution in [1.82, 2.24) is 5.43 Å². The topological polar surface area (TPSA) is 97.4 Å². The molecule has 0 radical (unpaired) electrons. The largest absolute Gasteiger partial charge is 0.490 e. The van der Waals surface area contributed by atoms with Crippen molar-refractivity contribution in [2.45, 2.75) is 32.8 Å². The van der Waals surface area contributed by atoms with Gasteiger partial charge in [0, 0.05) is 12.5 Å². The average molecular weight is 277 g/mol. The number of benzene rings is 1. The van der Waals surface area contributed by atoms with E-state index in [2.05, 4.69) is 11.5 Å². The Labute approximate surface area is 118 Å². The maximum absolute atomic E-state index is 11.1. The van der Waals surface area contributed by atoms with Crippen molar-refractivity contribution < 1.29 is 14.3 Å². The molecule has 1 rings (SSSR count). The van der Waals surface area contributed by atoms with Gasteiger partial charge in [-0.15, -0.1) is 0 Å². The molecule has 0 saturated carbocycles. The molecule has 0 aliphatic rings. The van der Waals surface area contributed by atoms with E-state index in [0.717, 1.165) is 0 Å². The molecule has 1 aromatic rings. The molecule has 1 aromatic carbocycles. The van der Waals surface area contributed by atoms with Crippen LogP contribution in [0.15, 0.2) is 18.2 Å². The molecule has 0 heterocycles. The minimum atomic E-state index is -0.231. The third kappa shape index (κ3) is 4.78. The van der Waals surface area contributed by atoms with Crippen molar-refractivity contribution in [3.05, 3.63) is 23.8 Å². The molecule has 20 heavy (non-hydrogen) atoms. The van der Waals surface area contributed by atoms with Crippen molar-refractivity contribution in [2.24, 2.45) is 5.84 Å². The molecule has 3 N–H and O–H groups in total. The van der Waals surface area contributed by atoms with E-state index in [9.17, 15) is 4.79 Å². The molecule has 6 nitrogen and oxygen atoms in total. The van der Waals surface area contributed by atoms with Crippen LogP contribution in [0, 0.1) is 11.3 Å². The van der Waals surface area contributed by atoms with Gasteiger partial charge < -0.3 is 9.47 Å². The number of amides is 1. The Morgan fingerprint density at radius 1 is 1.50 bits per heavy atom. The number of hydrogen-bond acceptors (Lipinski definition) is 5. The molecule has 0 bridgehead atoms. The summed E-state index contributed by atoms with van der Waals surface area (Å²) in [5.41, 5.74) is 2.59. The highest BCUT2D eigenvalue weighted by molar-refractivity contribution is 5.75. The number of nitrogens with two attached hydrogens (primary N) is 1. The summed E-state index contributed by atoms with van der Waals surface area (Å²) in [5, 5.41) is 8.87. The van der Waals surface area contributed by atoms with Crippen LogP contribution in [0.4, 0.5) is 0 Å². The molecular formula is C14H19N3O3. The molecule has 0 aliphatic carbocycles. The van der Waals surface area contributed by atoms with Crippen LogP contribution in [0.3, 0.4) is 0 Å². The number of carbonyl (C=O) groups is 1. The molecule has 1 unspecified atom stereocenters. The van der Waals surface area contributed by atoms with E-state index in [1.165, 1.54) is 0 Å². The Kier molecular flexibility index (Phi) is 6.33. The Hall–Kier alpha value is -2.26. The molecular weight excluding hydrogens is 258 g/mol. The highest BCUT2D eigenvalue weighted by Gasteiger charge is 2.12. The monoisotopic (exact) mass is 277 g/mol. The maximum Gasteiger partial charge on any atom is 0.234 e. The molecule has 1 atom stereocenters. The summed E-state index contributed by atoms with van der Waals surface area (Å²) in [5.74, 6) is 5.88. The van der Waals surface area contributed by atoms with Crippen LogP contribution >= 0.6 is 0 Å². The van der Waals surface area contributed by atoms with Crippen LogP contribution in [0.1, 0.15) is 32.3 Å². The van der Waals surface area contributed by atoms with Crippen molar-refractivity contribution in [1.29, 1.82) is 5.26 Å². The maximum atomic E-state index is 11.1. The van der Waals surface area contributed by atoms with Gasteiger partial charge in [-0.1, -0.05) is 0 Å². The third-order valence-corrected chi connectivity index (χ3v) is 2.64. The van der Waals surface area contributed by atoms with E-state index in [-0.39, 0.29) is 18.4 Å². The lowest BCUT2D eigenvalue weighted by atomic mass is 10.2. The molecule has 0 fully saturated rings. The molecule has 0 saturated heterocycles. The molecule has 1 amide bonds. The molecule has 108 valence electrons. The number of rotatable bonds is 7. The van der Waals surface area contributed by atoms with Crippen LogP contribution in [0.2, 0.25) is 0 Å². The van der Waals surface area contributed by atoms with Gasteiger partial charge in [0.15, 0.2) is 11.5 Å². The summed E-state index contributed by atoms with van der Waals surface area (Å²) >= 11 is 0. The van der Waals surface area contributed by atoms with Gasteiger partial charge in [-0.3, -0.25) is 10.2 Å². The summed E-state index contributed by atoms with van der Waals surface area (Å²) in [6.07, 6.45) is 0.659. The quantitative estimate of drug-likeness (QED) is 0.447. The number of nitrogens with one attached hydrogen (secondary N) is 1. The average Bonchev–Trinajstić information content (AvgIpc) is 2.46. The molecule has 0 aliphatic heterocycles. The van der Waals surface area contributed by atoms with Gasteiger partial charge in [-0.05, 0) is 32.4 Å². The summed E-state index contributed by atoms with van der Waals surface area (Å²) < 4.78 is 11.2. The van der Waals surface area contributed by atoms with Crippen LogP contribution < -0.4 is 20.7 Å². The fourth-order valence-electron chi connectivity index (χ4n) is 1.63. The fourth-order valence-corrected chi connectivity index (χ4v) is 1.63. The van der Waals surface area contributed by atoms with Crippen molar-refractivity contribution in [3.8, 4) is 17.6 Å². The first-order valence-corrected chi connectivity index (χ1v) is 6.43. The number of ether oxygens (including phenoxy) is 2. The van der Waals surface area contributed by atoms with Gasteiger partial charge in [0.05, 0.1) is 24.3 Å². The SMILES string of the molecule is CCOc1cc(C#N)ccc1OC(C)CCC(=O)NN. The summed E-state index contributed by atoms with van der Waals surface area (Å²) in [6.45, 7) is 4.20. The molecule has 0 spiro atoms. The van der Waals surface area contributed by atoms with Crippen LogP contribution in [-0.2, 0) is 4.79 Å². The van der Waals surface area contributed by atoms with Gasteiger partial charge in [-0.2, -0.15) is 5.26 Å². The van der Waals surface area contributed by atoms with Crippen LogP contribution in [0.25, 0.3) is 0 Å². The van der Waals surface area contributed by atoms with Gasteiger partial charge in [0.25, 0.3) is 0 Å². The minimum absolute atomic E-state index is 0.167. The number of hydrazine groups is 1. The minimum Gasteiger partial charge on any atom is -0.490 e. The second kappa shape index (κ2) is 8.02. The van der Waals surface area contributed by atoms with Crippen molar-refractivity contribution in [2.75, 3.05) is 6.61 Å². The number of carbonyl (C=O) groups excluding carboxylic acids is 1. The van der Waals surface area contributed by atoms with E-state index in [4.69, 9.17) is 20.6 Å². The van der Waals surface area contributed by atoms with Crippen LogP contribution in [-0.4, -0.2) is 18.6 Å². The van der Waals surface area contributed by atoms with Gasteiger partial charge in [-0.25, -0.2) is 5.84 Å². The highest BCUT2D eigenvalue weighted by Crippen LogP contribution is 2.29. The van der Waals surface area contributed by atoms with E-state index in [0.29, 0.717) is 30.1 Å². The lowest BCUT2D eigenvalue weighted by Crippen LogP contribution is -2.30. The Balaban J connectivity index is 2.70. The zero-order valence-electron chi connectivity index (χ0n) is 11.7. The van der Waals surface area contributed by atoms with Crippen molar-refractivity contribution in [3.63, 3.8) is 0 Å². The number of nitriles is 1. The predicted octanol–water partition coefficient (Wildman–Crippen LogP) is 1.49. The standard InChI is InChI=1S/C14H19N3O3/c1-3-19-13-8-11(9-15)5-6-12(13)20-10(2)4-7-14(18)17-16/h5-6,8,10H,3-4,7,16H2,1-2H3,(H,17,18). The Bertz CT molecular complexity index is 497. The predicted molar refractivity (Wildman–Crippen MR) is 74.0 cm³/mol. The summed E-state index contributed by atoms with van der Waals surface area (Å²) in [7, 11) is 0. The van der Waals surface area contributed by atoms with Gasteiger partial charge in [0.1, 0.15) is 0 Å². The second-order valence-corrected chi connectivity index (χ2v) is 4.24. The smallest absolute Gasteiger partial charge is 0.234 e. The lowest BCUT2D eigenvalue weighted by molar-refractivity contribution is -0.121. The number of nitrogens with zero attached hydrogens (tertiary/aromatic N) is 1. The molecule has 0 aromatic heterocycles. The summed E-state index contributed by atoms with van der Waals surface area (Å²) in [6, 6.07) is 7.05. The third-order valence-electron chi connectivity index (χ3n) is 2.64. The highest BCUT2D eigenvalue weighted by atomic mass is 16.5. The van der Waals surface area contributed by atoms with Gasteiger partial charge in [0.2, 0.25) is 5.91 Å². The lowest BCUT2D eigenvalue weighted by Gasteiger charge is -2.17. The Morgan fingerprint density at radius 2 is 2.25 bits per heavy atom. The van der Waals surface area contributed by atoms with E-state index >= 15 is 0 Å². The first-order chi connectivity index (χ1) is 9.60. The second-order valence-electron chi connectivity index (χ2n) is 4.24. The number of hydrogen-bond donors (Lipinski definition) is 2. The summed E-state index contributed by atoms with van der Waals surface area (Å²) in [4.78, 5) is 11.1. The van der Waals surface area contributed by atoms with E-state index in [1.54, 1.807) is 18.2 Å². The van der Waals surface area contributed by atoms with Gasteiger partial charge >= 0.3 is 0 Å². The zero-order chi connectivity index (χ0) is 15.0. The normalized spacial score (nSPS) is 11.3. The zero-order valence-corrected chi connectivity index (χ0v) is 11.7. The van der Waals surface area contributed by atoms with Crippen molar-refractivity contribution >= 4 is 5.91 Å². The Morgan fingerprint density at radius 3 is 2.85 bits per heavy atom.